The Hall–Kier alpha value is -1.97. The summed E-state index contributed by atoms with van der Waals surface area (Å²) >= 11 is 0. The molecular weight excluding hydrogens is 274 g/mol. The lowest BCUT2D eigenvalue weighted by molar-refractivity contribution is -0.165. The highest BCUT2D eigenvalue weighted by Gasteiger charge is 2.29. The second-order valence-electron chi connectivity index (χ2n) is 3.98. The van der Waals surface area contributed by atoms with Gasteiger partial charge in [-0.2, -0.15) is 0 Å². The van der Waals surface area contributed by atoms with E-state index >= 15 is 0 Å². The topological polar surface area (TPSA) is 167 Å². The lowest BCUT2D eigenvalue weighted by atomic mass is 10.1. The van der Waals surface area contributed by atoms with Crippen LogP contribution in [0.5, 0.6) is 0 Å². The number of methoxy groups -OCH3 is 1. The van der Waals surface area contributed by atoms with Crippen molar-refractivity contribution in [3.63, 3.8) is 0 Å². The smallest absolute Gasteiger partial charge is 0.335 e. The van der Waals surface area contributed by atoms with Crippen LogP contribution in [0.4, 0.5) is 0 Å². The molecule has 0 aliphatic heterocycles. The van der Waals surface area contributed by atoms with Crippen LogP contribution in [0, 0.1) is 5.92 Å². The predicted octanol–water partition coefficient (Wildman–Crippen LogP) is -2.06. The maximum atomic E-state index is 10.8. The van der Waals surface area contributed by atoms with Crippen molar-refractivity contribution in [2.24, 2.45) is 11.7 Å². The van der Waals surface area contributed by atoms with Gasteiger partial charge in [0, 0.05) is 6.04 Å². The average molecular weight is 291 g/mol. The zero-order chi connectivity index (χ0) is 15.9. The van der Waals surface area contributed by atoms with E-state index in [-0.39, 0.29) is 17.9 Å². The molecule has 1 aliphatic rings. The molecule has 114 valence electrons. The molecule has 0 aromatic heterocycles. The van der Waals surface area contributed by atoms with Gasteiger partial charge in [-0.15, -0.1) is 0 Å². The lowest BCUT2D eigenvalue weighted by Gasteiger charge is -2.07. The number of carbonyl (C=O) groups excluding carboxylic acids is 1. The summed E-state index contributed by atoms with van der Waals surface area (Å²) in [7, 11) is 1.39. The lowest BCUT2D eigenvalue weighted by Crippen LogP contribution is -2.39. The summed E-state index contributed by atoms with van der Waals surface area (Å²) in [6, 6.07) is 0.0316. The van der Waals surface area contributed by atoms with E-state index in [1.54, 1.807) is 6.08 Å². The second-order valence-corrected chi connectivity index (χ2v) is 3.98. The molecule has 9 heteroatoms. The predicted molar refractivity (Wildman–Crippen MR) is 64.5 cm³/mol. The van der Waals surface area contributed by atoms with E-state index < -0.39 is 24.1 Å². The molecule has 0 heterocycles. The second kappa shape index (κ2) is 8.25. The first-order valence-electron chi connectivity index (χ1n) is 5.54. The molecule has 0 spiro atoms. The van der Waals surface area contributed by atoms with Gasteiger partial charge in [-0.3, -0.25) is 4.79 Å². The van der Waals surface area contributed by atoms with E-state index in [0.717, 1.165) is 0 Å². The highest BCUT2D eigenvalue weighted by Crippen LogP contribution is 2.16. The number of nitrogens with two attached hydrogens (primary N) is 1. The Morgan fingerprint density at radius 1 is 1.15 bits per heavy atom. The molecular formula is C11H17NO8. The van der Waals surface area contributed by atoms with Crippen LogP contribution in [0.15, 0.2) is 12.2 Å². The van der Waals surface area contributed by atoms with E-state index in [9.17, 15) is 14.4 Å². The molecule has 0 amide bonds. The zero-order valence-electron chi connectivity index (χ0n) is 10.7. The van der Waals surface area contributed by atoms with E-state index in [4.69, 9.17) is 26.2 Å². The molecule has 1 aliphatic carbocycles. The fourth-order valence-electron chi connectivity index (χ4n) is 1.32. The number of rotatable bonds is 4. The van der Waals surface area contributed by atoms with Gasteiger partial charge in [0.1, 0.15) is 0 Å². The monoisotopic (exact) mass is 291 g/mol. The molecule has 0 saturated carbocycles. The third kappa shape index (κ3) is 5.78. The molecule has 4 atom stereocenters. The Balaban J connectivity index is 0.000000361. The molecule has 9 nitrogen and oxygen atoms in total. The molecule has 20 heavy (non-hydrogen) atoms. The Morgan fingerprint density at radius 2 is 1.60 bits per heavy atom. The summed E-state index contributed by atoms with van der Waals surface area (Å²) in [6.07, 6.45) is -0.208. The molecule has 0 bridgehead atoms. The van der Waals surface area contributed by atoms with Crippen molar-refractivity contribution in [1.82, 2.24) is 0 Å². The fraction of sp³-hybridized carbons (Fsp3) is 0.545. The quantitative estimate of drug-likeness (QED) is 0.289. The van der Waals surface area contributed by atoms with Crippen LogP contribution in [0.1, 0.15) is 6.42 Å². The van der Waals surface area contributed by atoms with Crippen LogP contribution in [-0.4, -0.2) is 63.7 Å². The number of hydrogen-bond acceptors (Lipinski definition) is 7. The average Bonchev–Trinajstić information content (AvgIpc) is 2.83. The Bertz CT molecular complexity index is 376. The molecule has 6 N–H and O–H groups in total. The van der Waals surface area contributed by atoms with Gasteiger partial charge in [-0.05, 0) is 6.42 Å². The highest BCUT2D eigenvalue weighted by atomic mass is 16.5. The summed E-state index contributed by atoms with van der Waals surface area (Å²) in [5.74, 6) is -3.84. The van der Waals surface area contributed by atoms with Gasteiger partial charge >= 0.3 is 17.9 Å². The number of aliphatic carboxylic acids is 2. The maximum absolute atomic E-state index is 10.8. The highest BCUT2D eigenvalue weighted by molar-refractivity contribution is 5.83. The Labute approximate surface area is 114 Å². The Kier molecular flexibility index (Phi) is 7.44. The summed E-state index contributed by atoms with van der Waals surface area (Å²) in [4.78, 5) is 30.4. The number of carbonyl (C=O) groups is 3. The van der Waals surface area contributed by atoms with Crippen LogP contribution >= 0.6 is 0 Å². The Morgan fingerprint density at radius 3 is 1.85 bits per heavy atom. The van der Waals surface area contributed by atoms with Crippen LogP contribution < -0.4 is 5.73 Å². The molecule has 4 unspecified atom stereocenters. The standard InChI is InChI=1S/C7H11NO2.C4H6O6/c1-10-7(9)5-2-3-6(8)4-5;5-1(3(7)8)2(6)4(9)10/h2-3,5-6H,4,8H2,1H3;1-2,5-6H,(H,7,8)(H,9,10). The van der Waals surface area contributed by atoms with Gasteiger partial charge < -0.3 is 30.9 Å². The SMILES string of the molecule is COC(=O)C1C=CC(N)C1.O=C(O)C(O)C(O)C(=O)O. The minimum absolute atomic E-state index is 0.0316. The van der Waals surface area contributed by atoms with E-state index in [1.165, 1.54) is 7.11 Å². The fourth-order valence-corrected chi connectivity index (χ4v) is 1.32. The van der Waals surface area contributed by atoms with Gasteiger partial charge in [-0.25, -0.2) is 9.59 Å². The van der Waals surface area contributed by atoms with Crippen LogP contribution in [0.25, 0.3) is 0 Å². The first kappa shape index (κ1) is 18.0. The summed E-state index contributed by atoms with van der Waals surface area (Å²) < 4.78 is 4.54. The van der Waals surface area contributed by atoms with Crippen molar-refractivity contribution in [2.45, 2.75) is 24.7 Å². The van der Waals surface area contributed by atoms with Gasteiger partial charge in [0.25, 0.3) is 0 Å². The number of aliphatic hydroxyl groups excluding tert-OH is 2. The van der Waals surface area contributed by atoms with E-state index in [0.29, 0.717) is 6.42 Å². The zero-order valence-corrected chi connectivity index (χ0v) is 10.7. The molecule has 0 fully saturated rings. The van der Waals surface area contributed by atoms with Crippen LogP contribution in [0.2, 0.25) is 0 Å². The number of esters is 1. The van der Waals surface area contributed by atoms with Crippen molar-refractivity contribution in [3.8, 4) is 0 Å². The van der Waals surface area contributed by atoms with Gasteiger partial charge in [0.05, 0.1) is 13.0 Å². The van der Waals surface area contributed by atoms with Gasteiger partial charge in [0.15, 0.2) is 12.2 Å². The first-order valence-corrected chi connectivity index (χ1v) is 5.54. The molecule has 0 radical (unpaired) electrons. The molecule has 0 saturated heterocycles. The first-order chi connectivity index (χ1) is 9.20. The third-order valence-electron chi connectivity index (χ3n) is 2.43. The summed E-state index contributed by atoms with van der Waals surface area (Å²) in [5, 5.41) is 32.5. The van der Waals surface area contributed by atoms with Crippen molar-refractivity contribution >= 4 is 17.9 Å². The number of carboxylic acid groups (broad SMARTS) is 2. The van der Waals surface area contributed by atoms with Crippen molar-refractivity contribution in [2.75, 3.05) is 7.11 Å². The number of hydrogen-bond donors (Lipinski definition) is 5. The molecule has 1 rings (SSSR count). The van der Waals surface area contributed by atoms with Crippen LogP contribution in [-0.2, 0) is 19.1 Å². The molecule has 0 aromatic rings. The third-order valence-corrected chi connectivity index (χ3v) is 2.43. The van der Waals surface area contributed by atoms with Crippen molar-refractivity contribution < 1.29 is 39.5 Å². The maximum Gasteiger partial charge on any atom is 0.335 e. The van der Waals surface area contributed by atoms with Crippen molar-refractivity contribution in [1.29, 1.82) is 0 Å². The molecule has 0 aromatic carbocycles. The van der Waals surface area contributed by atoms with Gasteiger partial charge in [0.2, 0.25) is 0 Å². The number of ether oxygens (including phenoxy) is 1. The van der Waals surface area contributed by atoms with Crippen molar-refractivity contribution in [3.05, 3.63) is 12.2 Å². The summed E-state index contributed by atoms with van der Waals surface area (Å²) in [5.41, 5.74) is 5.52. The number of carboxylic acids is 2. The largest absolute Gasteiger partial charge is 0.479 e. The minimum Gasteiger partial charge on any atom is -0.479 e. The van der Waals surface area contributed by atoms with E-state index in [1.807, 2.05) is 6.08 Å². The van der Waals surface area contributed by atoms with Gasteiger partial charge in [-0.1, -0.05) is 12.2 Å². The normalized spacial score (nSPS) is 23.2. The minimum atomic E-state index is -2.27. The number of aliphatic hydroxyl groups is 2. The van der Waals surface area contributed by atoms with Crippen LogP contribution in [0.3, 0.4) is 0 Å². The van der Waals surface area contributed by atoms with E-state index in [2.05, 4.69) is 4.74 Å². The summed E-state index contributed by atoms with van der Waals surface area (Å²) in [6.45, 7) is 0.